The zero-order valence-electron chi connectivity index (χ0n) is 11.2. The van der Waals surface area contributed by atoms with Crippen molar-refractivity contribution in [1.29, 1.82) is 0 Å². The van der Waals surface area contributed by atoms with E-state index in [1.165, 1.54) is 12.1 Å². The predicted octanol–water partition coefficient (Wildman–Crippen LogP) is 1.05. The Kier molecular flexibility index (Phi) is 3.27. The maximum absolute atomic E-state index is 14.2. The van der Waals surface area contributed by atoms with Crippen LogP contribution in [0.25, 0.3) is 0 Å². The highest BCUT2D eigenvalue weighted by Gasteiger charge is 2.37. The SMILES string of the molecule is O=C1CN(c2c(O)cc(CC3CCC3)cc2F)S(=O)(=O)N1. The first-order valence-corrected chi connectivity index (χ1v) is 8.15. The van der Waals surface area contributed by atoms with Crippen molar-refractivity contribution < 1.29 is 22.7 Å². The highest BCUT2D eigenvalue weighted by atomic mass is 32.2. The first kappa shape index (κ1) is 14.1. The summed E-state index contributed by atoms with van der Waals surface area (Å²) in [6.45, 7) is -0.533. The van der Waals surface area contributed by atoms with E-state index < -0.39 is 39.9 Å². The number of nitrogens with zero attached hydrogens (tertiary/aromatic N) is 1. The number of phenols is 1. The Balaban J connectivity index is 1.94. The summed E-state index contributed by atoms with van der Waals surface area (Å²) in [6, 6.07) is 2.60. The van der Waals surface area contributed by atoms with Crippen molar-refractivity contribution in [2.45, 2.75) is 25.7 Å². The van der Waals surface area contributed by atoms with Gasteiger partial charge in [-0.15, -0.1) is 0 Å². The fourth-order valence-corrected chi connectivity index (χ4v) is 3.85. The maximum atomic E-state index is 14.2. The van der Waals surface area contributed by atoms with E-state index in [4.69, 9.17) is 0 Å². The molecular formula is C13H15FN2O4S. The van der Waals surface area contributed by atoms with Gasteiger partial charge in [0.05, 0.1) is 0 Å². The number of anilines is 1. The molecule has 2 fully saturated rings. The summed E-state index contributed by atoms with van der Waals surface area (Å²) in [5.74, 6) is -1.57. The van der Waals surface area contributed by atoms with Gasteiger partial charge >= 0.3 is 10.2 Å². The number of hydrogen-bond acceptors (Lipinski definition) is 4. The zero-order valence-corrected chi connectivity index (χ0v) is 12.0. The van der Waals surface area contributed by atoms with E-state index in [0.717, 1.165) is 19.3 Å². The Morgan fingerprint density at radius 2 is 2.10 bits per heavy atom. The molecule has 0 radical (unpaired) electrons. The van der Waals surface area contributed by atoms with Crippen molar-refractivity contribution in [1.82, 2.24) is 4.72 Å². The Morgan fingerprint density at radius 3 is 2.57 bits per heavy atom. The molecule has 114 valence electrons. The average Bonchev–Trinajstić information content (AvgIpc) is 2.57. The van der Waals surface area contributed by atoms with Crippen molar-refractivity contribution in [2.75, 3.05) is 10.8 Å². The van der Waals surface area contributed by atoms with Gasteiger partial charge in [-0.1, -0.05) is 19.3 Å². The van der Waals surface area contributed by atoms with Gasteiger partial charge in [-0.05, 0) is 30.0 Å². The number of rotatable bonds is 3. The lowest BCUT2D eigenvalue weighted by atomic mass is 9.81. The number of carbonyl (C=O) groups is 1. The number of benzene rings is 1. The van der Waals surface area contributed by atoms with Gasteiger partial charge < -0.3 is 5.11 Å². The second kappa shape index (κ2) is 4.87. The molecule has 1 aliphatic heterocycles. The van der Waals surface area contributed by atoms with Crippen LogP contribution in [0.2, 0.25) is 0 Å². The molecule has 2 N–H and O–H groups in total. The summed E-state index contributed by atoms with van der Waals surface area (Å²) in [5, 5.41) is 9.97. The number of phenolic OH excluding ortho intramolecular Hbond substituents is 1. The topological polar surface area (TPSA) is 86.7 Å². The van der Waals surface area contributed by atoms with Gasteiger partial charge in [-0.25, -0.2) is 13.4 Å². The summed E-state index contributed by atoms with van der Waals surface area (Å²) in [7, 11) is -4.13. The highest BCUT2D eigenvalue weighted by molar-refractivity contribution is 7.92. The summed E-state index contributed by atoms with van der Waals surface area (Å²) >= 11 is 0. The van der Waals surface area contributed by atoms with Crippen LogP contribution < -0.4 is 9.03 Å². The van der Waals surface area contributed by atoms with E-state index in [1.54, 1.807) is 4.72 Å². The molecule has 1 amide bonds. The molecule has 1 aliphatic carbocycles. The Labute approximate surface area is 121 Å². The fourth-order valence-electron chi connectivity index (χ4n) is 2.68. The third-order valence-electron chi connectivity index (χ3n) is 3.92. The lowest BCUT2D eigenvalue weighted by molar-refractivity contribution is -0.117. The zero-order chi connectivity index (χ0) is 15.2. The number of nitrogens with one attached hydrogen (secondary N) is 1. The fraction of sp³-hybridized carbons (Fsp3) is 0.462. The minimum Gasteiger partial charge on any atom is -0.506 e. The first-order valence-electron chi connectivity index (χ1n) is 6.71. The van der Waals surface area contributed by atoms with Crippen LogP contribution in [0.5, 0.6) is 5.75 Å². The lowest BCUT2D eigenvalue weighted by Crippen LogP contribution is -2.30. The molecule has 0 unspecified atom stereocenters. The summed E-state index contributed by atoms with van der Waals surface area (Å²) < 4.78 is 39.9. The molecule has 0 atom stereocenters. The molecule has 1 aromatic rings. The lowest BCUT2D eigenvalue weighted by Gasteiger charge is -2.26. The third kappa shape index (κ3) is 2.55. The molecular weight excluding hydrogens is 299 g/mol. The predicted molar refractivity (Wildman–Crippen MR) is 73.5 cm³/mol. The number of halogens is 1. The Bertz CT molecular complexity index is 677. The molecule has 6 nitrogen and oxygen atoms in total. The molecule has 1 aromatic carbocycles. The molecule has 0 aromatic heterocycles. The largest absolute Gasteiger partial charge is 0.506 e. The standard InChI is InChI=1S/C13H15FN2O4S/c14-10-5-9(4-8-2-1-3-8)6-11(17)13(10)16-7-12(18)15-21(16,19)20/h5-6,8,17H,1-4,7H2,(H,15,18). The molecule has 8 heteroatoms. The van der Waals surface area contributed by atoms with Crippen LogP contribution in [-0.4, -0.2) is 26.0 Å². The van der Waals surface area contributed by atoms with Crippen LogP contribution in [0, 0.1) is 11.7 Å². The van der Waals surface area contributed by atoms with E-state index in [9.17, 15) is 22.7 Å². The molecule has 0 spiro atoms. The van der Waals surface area contributed by atoms with Crippen LogP contribution in [0.15, 0.2) is 12.1 Å². The van der Waals surface area contributed by atoms with Gasteiger partial charge in [-0.3, -0.25) is 4.79 Å². The van der Waals surface area contributed by atoms with E-state index in [-0.39, 0.29) is 0 Å². The Hall–Kier alpha value is -1.83. The van der Waals surface area contributed by atoms with Crippen molar-refractivity contribution in [3.05, 3.63) is 23.5 Å². The summed E-state index contributed by atoms with van der Waals surface area (Å²) in [5.41, 5.74) is 0.153. The number of carbonyl (C=O) groups excluding carboxylic acids is 1. The summed E-state index contributed by atoms with van der Waals surface area (Å²) in [6.07, 6.45) is 4.00. The van der Waals surface area contributed by atoms with Crippen molar-refractivity contribution in [2.24, 2.45) is 5.92 Å². The number of aromatic hydroxyl groups is 1. The van der Waals surface area contributed by atoms with Gasteiger partial charge in [-0.2, -0.15) is 8.42 Å². The van der Waals surface area contributed by atoms with E-state index in [2.05, 4.69) is 0 Å². The second-order valence-electron chi connectivity index (χ2n) is 5.48. The van der Waals surface area contributed by atoms with Gasteiger partial charge in [0.1, 0.15) is 18.0 Å². The molecule has 1 saturated carbocycles. The maximum Gasteiger partial charge on any atom is 0.326 e. The molecule has 2 aliphatic rings. The highest BCUT2D eigenvalue weighted by Crippen LogP contribution is 2.37. The van der Waals surface area contributed by atoms with Crippen LogP contribution in [0.4, 0.5) is 10.1 Å². The molecule has 1 heterocycles. The molecule has 1 saturated heterocycles. The van der Waals surface area contributed by atoms with Gasteiger partial charge in [0.2, 0.25) is 0 Å². The molecule has 21 heavy (non-hydrogen) atoms. The molecule has 0 bridgehead atoms. The van der Waals surface area contributed by atoms with Crippen LogP contribution in [0.1, 0.15) is 24.8 Å². The first-order chi connectivity index (χ1) is 9.87. The van der Waals surface area contributed by atoms with E-state index >= 15 is 0 Å². The van der Waals surface area contributed by atoms with Gasteiger partial charge in [0, 0.05) is 0 Å². The molecule has 3 rings (SSSR count). The quantitative estimate of drug-likeness (QED) is 0.873. The summed E-state index contributed by atoms with van der Waals surface area (Å²) in [4.78, 5) is 11.2. The average molecular weight is 314 g/mol. The van der Waals surface area contributed by atoms with Crippen molar-refractivity contribution >= 4 is 21.8 Å². The van der Waals surface area contributed by atoms with E-state index in [0.29, 0.717) is 22.2 Å². The van der Waals surface area contributed by atoms with Crippen molar-refractivity contribution in [3.63, 3.8) is 0 Å². The minimum atomic E-state index is -4.13. The number of hydrogen-bond donors (Lipinski definition) is 2. The van der Waals surface area contributed by atoms with Crippen LogP contribution in [-0.2, 0) is 21.4 Å². The minimum absolute atomic E-state index is 0.468. The second-order valence-corrected chi connectivity index (χ2v) is 7.08. The van der Waals surface area contributed by atoms with Crippen LogP contribution >= 0.6 is 0 Å². The van der Waals surface area contributed by atoms with Gasteiger partial charge in [0.15, 0.2) is 5.82 Å². The van der Waals surface area contributed by atoms with Crippen molar-refractivity contribution in [3.8, 4) is 5.75 Å². The normalized spacial score (nSPS) is 21.2. The van der Waals surface area contributed by atoms with Gasteiger partial charge in [0.25, 0.3) is 5.91 Å². The number of amides is 1. The third-order valence-corrected chi connectivity index (χ3v) is 5.30. The Morgan fingerprint density at radius 1 is 1.38 bits per heavy atom. The van der Waals surface area contributed by atoms with Crippen LogP contribution in [0.3, 0.4) is 0 Å². The monoisotopic (exact) mass is 314 g/mol. The smallest absolute Gasteiger partial charge is 0.326 e. The van der Waals surface area contributed by atoms with E-state index in [1.807, 2.05) is 0 Å².